The summed E-state index contributed by atoms with van der Waals surface area (Å²) in [5.41, 5.74) is 0. The molecule has 6 N–H and O–H groups in total. The van der Waals surface area contributed by atoms with Gasteiger partial charge in [0.05, 0.1) is 0 Å². The van der Waals surface area contributed by atoms with Crippen LogP contribution in [0.4, 0.5) is 0 Å². The van der Waals surface area contributed by atoms with Gasteiger partial charge in [0, 0.05) is 9.93 Å². The van der Waals surface area contributed by atoms with Crippen molar-refractivity contribution < 1.29 is 26.5 Å². The van der Waals surface area contributed by atoms with Gasteiger partial charge in [-0.3, -0.25) is 21.0 Å². The highest BCUT2D eigenvalue weighted by atomic mass is 17.0. The molecular formula is C6H30O7. The van der Waals surface area contributed by atoms with Crippen LogP contribution in [0.3, 0.4) is 0 Å². The van der Waals surface area contributed by atoms with Gasteiger partial charge in [0.15, 0.2) is 0 Å². The molecule has 0 aromatic heterocycles. The minimum absolute atomic E-state index is 0. The van der Waals surface area contributed by atoms with Gasteiger partial charge < -0.3 is 5.48 Å². The maximum Gasteiger partial charge on any atom is 0 e. The van der Waals surface area contributed by atoms with Crippen LogP contribution in [0.15, 0.2) is 0 Å². The van der Waals surface area contributed by atoms with Gasteiger partial charge in [-0.2, -0.15) is 0 Å². The lowest BCUT2D eigenvalue weighted by molar-refractivity contribution is -0.176. The van der Waals surface area contributed by atoms with Gasteiger partial charge in [-0.15, -0.1) is 0 Å². The first-order valence-electron chi connectivity index (χ1n) is 0.567. The maximum atomic E-state index is 7.00. The molecule has 0 aromatic carbocycles. The summed E-state index contributed by atoms with van der Waals surface area (Å²) in [6.07, 6.45) is 0. The van der Waals surface area contributed by atoms with Crippen LogP contribution in [0.25, 0.3) is 0 Å². The van der Waals surface area contributed by atoms with Crippen molar-refractivity contribution in [2.45, 2.75) is 44.6 Å². The third-order valence-electron chi connectivity index (χ3n) is 0. The Morgan fingerprint density at radius 2 is 0.462 bits per heavy atom. The zero-order valence-electron chi connectivity index (χ0n) is 3.11. The molecule has 0 radical (unpaired) electrons. The van der Waals surface area contributed by atoms with Gasteiger partial charge in [-0.05, 0) is 0 Å². The van der Waals surface area contributed by atoms with Crippen LogP contribution >= 0.6 is 0 Å². The van der Waals surface area contributed by atoms with E-state index in [1.807, 2.05) is 0 Å². The number of hydrogen-bond acceptors (Lipinski definition) is 6. The van der Waals surface area contributed by atoms with Crippen LogP contribution in [0, 0.1) is 9.93 Å². The van der Waals surface area contributed by atoms with Gasteiger partial charge in [0.1, 0.15) is 0 Å². The molecular weight excluding hydrogens is 184 g/mol. The van der Waals surface area contributed by atoms with E-state index < -0.39 is 0 Å². The zero-order valence-corrected chi connectivity index (χ0v) is 3.11. The van der Waals surface area contributed by atoms with Crippen molar-refractivity contribution in [3.8, 4) is 0 Å². The molecule has 0 bridgehead atoms. The van der Waals surface area contributed by atoms with Crippen molar-refractivity contribution in [1.29, 1.82) is 0 Å². The quantitative estimate of drug-likeness (QED) is 0.360. The fourth-order valence-corrected chi connectivity index (χ4v) is 0. The van der Waals surface area contributed by atoms with Gasteiger partial charge in [0.2, 0.25) is 0 Å². The predicted molar refractivity (Wildman–Crippen MR) is 61.2 cm³/mol. The molecule has 7 heteroatoms. The second kappa shape index (κ2) is 3430. The van der Waals surface area contributed by atoms with Crippen molar-refractivity contribution in [1.82, 2.24) is 0 Å². The van der Waals surface area contributed by atoms with E-state index in [0.717, 1.165) is 0 Å². The van der Waals surface area contributed by atoms with E-state index in [0.29, 0.717) is 0 Å². The summed E-state index contributed by atoms with van der Waals surface area (Å²) in [5.74, 6) is 0. The number of rotatable bonds is 0. The predicted octanol–water partition coefficient (Wildman–Crippen LogP) is 3.09. The van der Waals surface area contributed by atoms with Crippen LogP contribution in [-0.4, -0.2) is 26.5 Å². The normalized spacial score (nSPS) is 1.23. The minimum Gasteiger partial charge on any atom is -0.412 e. The van der Waals surface area contributed by atoms with Gasteiger partial charge >= 0.3 is 0 Å². The summed E-state index contributed by atoms with van der Waals surface area (Å²) >= 11 is 0. The molecule has 0 atom stereocenters. The third-order valence-corrected chi connectivity index (χ3v) is 0. The monoisotopic (exact) mass is 214 g/mol. The Labute approximate surface area is 82.1 Å². The first-order chi connectivity index (χ1) is 3.00. The highest BCUT2D eigenvalue weighted by Gasteiger charge is 0.748. The second-order valence-electron chi connectivity index (χ2n) is 0. The summed E-state index contributed by atoms with van der Waals surface area (Å²) in [6, 6.07) is 0. The molecule has 13 heavy (non-hydrogen) atoms. The smallest absolute Gasteiger partial charge is 0 e. The molecule has 0 spiro atoms. The lowest BCUT2D eigenvalue weighted by Gasteiger charge is -1.25. The van der Waals surface area contributed by atoms with E-state index >= 15 is 0 Å². The molecule has 0 unspecified atom stereocenters. The van der Waals surface area contributed by atoms with Gasteiger partial charge in [0.25, 0.3) is 0 Å². The lowest BCUT2D eigenvalue weighted by Crippen LogP contribution is -1.29. The SMILES string of the molecule is C.C.C.C.C.C.O.O=O.OO.OO. The highest BCUT2D eigenvalue weighted by molar-refractivity contribution is 4.07. The van der Waals surface area contributed by atoms with E-state index in [1.165, 1.54) is 0 Å². The maximum absolute atomic E-state index is 7.00. The summed E-state index contributed by atoms with van der Waals surface area (Å²) in [6.45, 7) is 0. The van der Waals surface area contributed by atoms with Crippen molar-refractivity contribution in [3.05, 3.63) is 9.93 Å². The Bertz CT molecular complexity index is 12.9. The first kappa shape index (κ1) is 280. The van der Waals surface area contributed by atoms with Crippen molar-refractivity contribution in [2.75, 3.05) is 0 Å². The molecule has 96 valence electrons. The highest BCUT2D eigenvalue weighted by Crippen LogP contribution is 0.741. The first-order valence-corrected chi connectivity index (χ1v) is 0.567. The molecule has 0 rings (SSSR count). The Morgan fingerprint density at radius 1 is 0.462 bits per heavy atom. The topological polar surface area (TPSA) is 147 Å². The average Bonchev–Trinajstić information content (AvgIpc) is 1.81. The molecule has 0 aliphatic carbocycles. The van der Waals surface area contributed by atoms with Crippen molar-refractivity contribution in [2.24, 2.45) is 0 Å². The van der Waals surface area contributed by atoms with Crippen molar-refractivity contribution in [3.63, 3.8) is 0 Å². The van der Waals surface area contributed by atoms with Crippen molar-refractivity contribution >= 4 is 0 Å². The largest absolute Gasteiger partial charge is 0.412 e. The Kier molecular flexibility index (Phi) is 73700. The van der Waals surface area contributed by atoms with Crippen LogP contribution in [-0.2, 0) is 0 Å². The standard InChI is InChI=1S/6CH4.2H2O2.O2.H2O/c;;;;;;3*1-2;/h6*1H4;2*1-2H;;1H2. The molecule has 0 saturated carbocycles. The fourth-order valence-electron chi connectivity index (χ4n) is 0. The molecule has 7 nitrogen and oxygen atoms in total. The Hall–Kier alpha value is -0.600. The Morgan fingerprint density at radius 3 is 0.462 bits per heavy atom. The lowest BCUT2D eigenvalue weighted by atomic mass is 12.0. The summed E-state index contributed by atoms with van der Waals surface area (Å²) in [7, 11) is 0. The molecule has 0 aromatic rings. The van der Waals surface area contributed by atoms with Gasteiger partial charge in [-0.1, -0.05) is 44.6 Å². The molecule has 0 amide bonds. The molecule has 0 fully saturated rings. The molecule has 0 aliphatic heterocycles. The molecule has 0 saturated heterocycles. The van der Waals surface area contributed by atoms with E-state index in [2.05, 4.69) is 0 Å². The third kappa shape index (κ3) is 2800. The summed E-state index contributed by atoms with van der Waals surface area (Å²) < 4.78 is 0. The van der Waals surface area contributed by atoms with Crippen LogP contribution in [0.2, 0.25) is 0 Å². The molecule has 0 aliphatic rings. The zero-order chi connectivity index (χ0) is 6.00. The summed E-state index contributed by atoms with van der Waals surface area (Å²) in [5, 5.41) is 24.0. The summed E-state index contributed by atoms with van der Waals surface area (Å²) in [4.78, 5) is 14.0. The minimum atomic E-state index is 0. The second-order valence-corrected chi connectivity index (χ2v) is 0. The number of hydrogen-bond donors (Lipinski definition) is 4. The van der Waals surface area contributed by atoms with Crippen LogP contribution in [0.5, 0.6) is 0 Å². The van der Waals surface area contributed by atoms with E-state index in [-0.39, 0.29) is 50.0 Å². The fraction of sp³-hybridized carbons (Fsp3) is 1.00. The average molecular weight is 214 g/mol. The Balaban J connectivity index is -0.00000000102. The van der Waals surface area contributed by atoms with Crippen LogP contribution in [0.1, 0.15) is 44.6 Å². The van der Waals surface area contributed by atoms with Crippen LogP contribution < -0.4 is 0 Å². The van der Waals surface area contributed by atoms with Gasteiger partial charge in [-0.25, -0.2) is 0 Å². The van der Waals surface area contributed by atoms with E-state index in [1.54, 1.807) is 0 Å². The molecule has 0 heterocycles. The van der Waals surface area contributed by atoms with E-state index in [4.69, 9.17) is 31.0 Å². The van der Waals surface area contributed by atoms with E-state index in [9.17, 15) is 0 Å².